The lowest BCUT2D eigenvalue weighted by molar-refractivity contribution is -0.145. The first-order valence-electron chi connectivity index (χ1n) is 7.63. The van der Waals surface area contributed by atoms with E-state index in [1.165, 1.54) is 19.3 Å². The molecule has 0 saturated heterocycles. The van der Waals surface area contributed by atoms with Crippen molar-refractivity contribution in [2.75, 3.05) is 6.61 Å². The molecule has 0 amide bonds. The van der Waals surface area contributed by atoms with E-state index in [0.29, 0.717) is 12.8 Å². The molecule has 1 aliphatic carbocycles. The second-order valence-electron chi connectivity index (χ2n) is 5.98. The molecule has 0 bridgehead atoms. The maximum atomic E-state index is 11.5. The van der Waals surface area contributed by atoms with Crippen molar-refractivity contribution in [3.63, 3.8) is 0 Å². The molecule has 0 aromatic heterocycles. The van der Waals surface area contributed by atoms with Crippen LogP contribution in [0.1, 0.15) is 65.7 Å². The van der Waals surface area contributed by atoms with Crippen LogP contribution in [0, 0.1) is 0 Å². The number of hydrogen-bond donors (Lipinski definition) is 2. The average Bonchev–Trinajstić information content (AvgIpc) is 2.73. The van der Waals surface area contributed by atoms with Gasteiger partial charge < -0.3 is 9.84 Å². The standard InChI is InChI=1S/C15H29NO3/c1-4-5-6-7-10-19-13-8-9-15(11-13,14(17)18)16-12(2)3/h12-13,16H,4-11H2,1-3H3,(H,17,18). The summed E-state index contributed by atoms with van der Waals surface area (Å²) in [6.45, 7) is 6.94. The maximum absolute atomic E-state index is 11.5. The fourth-order valence-corrected chi connectivity index (χ4v) is 2.86. The third-order valence-electron chi connectivity index (χ3n) is 3.80. The SMILES string of the molecule is CCCCCCOC1CCC(NC(C)C)(C(=O)O)C1. The summed E-state index contributed by atoms with van der Waals surface area (Å²) in [6, 6.07) is 0.180. The predicted octanol–water partition coefficient (Wildman–Crippen LogP) is 2.96. The summed E-state index contributed by atoms with van der Waals surface area (Å²) in [4.78, 5) is 11.5. The molecule has 19 heavy (non-hydrogen) atoms. The Morgan fingerprint density at radius 3 is 2.74 bits per heavy atom. The van der Waals surface area contributed by atoms with E-state index in [-0.39, 0.29) is 12.1 Å². The molecule has 2 atom stereocenters. The summed E-state index contributed by atoms with van der Waals surface area (Å²) < 4.78 is 5.83. The van der Waals surface area contributed by atoms with Crippen LogP contribution < -0.4 is 5.32 Å². The second-order valence-corrected chi connectivity index (χ2v) is 5.98. The Morgan fingerprint density at radius 2 is 2.16 bits per heavy atom. The lowest BCUT2D eigenvalue weighted by Crippen LogP contribution is -2.53. The van der Waals surface area contributed by atoms with Gasteiger partial charge in [-0.1, -0.05) is 26.2 Å². The second kappa shape index (κ2) is 7.85. The molecule has 1 fully saturated rings. The average molecular weight is 271 g/mol. The van der Waals surface area contributed by atoms with Gasteiger partial charge in [0.15, 0.2) is 0 Å². The molecule has 2 N–H and O–H groups in total. The normalized spacial score (nSPS) is 27.1. The van der Waals surface area contributed by atoms with Crippen LogP contribution in [-0.2, 0) is 9.53 Å². The molecule has 4 nitrogen and oxygen atoms in total. The summed E-state index contributed by atoms with van der Waals surface area (Å²) in [7, 11) is 0. The summed E-state index contributed by atoms with van der Waals surface area (Å²) in [6.07, 6.45) is 6.98. The van der Waals surface area contributed by atoms with Crippen molar-refractivity contribution in [3.05, 3.63) is 0 Å². The van der Waals surface area contributed by atoms with Gasteiger partial charge in [-0.15, -0.1) is 0 Å². The first-order chi connectivity index (χ1) is 9.00. The van der Waals surface area contributed by atoms with Crippen LogP contribution in [0.25, 0.3) is 0 Å². The van der Waals surface area contributed by atoms with Crippen molar-refractivity contribution in [1.82, 2.24) is 5.32 Å². The van der Waals surface area contributed by atoms with E-state index >= 15 is 0 Å². The summed E-state index contributed by atoms with van der Waals surface area (Å²) in [5.41, 5.74) is -0.776. The Morgan fingerprint density at radius 1 is 1.42 bits per heavy atom. The van der Waals surface area contributed by atoms with Gasteiger partial charge in [-0.05, 0) is 33.1 Å². The first-order valence-corrected chi connectivity index (χ1v) is 7.63. The molecule has 0 heterocycles. The van der Waals surface area contributed by atoms with Crippen molar-refractivity contribution in [1.29, 1.82) is 0 Å². The van der Waals surface area contributed by atoms with Crippen LogP contribution >= 0.6 is 0 Å². The highest BCUT2D eigenvalue weighted by molar-refractivity contribution is 5.79. The quantitative estimate of drug-likeness (QED) is 0.633. The number of hydrogen-bond acceptors (Lipinski definition) is 3. The zero-order valence-corrected chi connectivity index (χ0v) is 12.6. The molecule has 0 spiro atoms. The van der Waals surface area contributed by atoms with Gasteiger partial charge in [0.2, 0.25) is 0 Å². The lowest BCUT2D eigenvalue weighted by atomic mass is 9.96. The highest BCUT2D eigenvalue weighted by Crippen LogP contribution is 2.33. The minimum absolute atomic E-state index is 0.101. The third-order valence-corrected chi connectivity index (χ3v) is 3.80. The molecule has 1 aliphatic rings. The Balaban J connectivity index is 2.35. The van der Waals surface area contributed by atoms with Gasteiger partial charge in [-0.25, -0.2) is 0 Å². The number of carboxylic acids is 1. The first kappa shape index (κ1) is 16.4. The van der Waals surface area contributed by atoms with Crippen LogP contribution in [0.2, 0.25) is 0 Å². The highest BCUT2D eigenvalue weighted by atomic mass is 16.5. The van der Waals surface area contributed by atoms with Crippen LogP contribution in [0.15, 0.2) is 0 Å². The molecule has 112 valence electrons. The monoisotopic (exact) mass is 271 g/mol. The van der Waals surface area contributed by atoms with Gasteiger partial charge in [-0.3, -0.25) is 10.1 Å². The number of carbonyl (C=O) groups is 1. The van der Waals surface area contributed by atoms with Gasteiger partial charge in [-0.2, -0.15) is 0 Å². The van der Waals surface area contributed by atoms with Crippen LogP contribution in [0.3, 0.4) is 0 Å². The molecule has 2 unspecified atom stereocenters. The smallest absolute Gasteiger partial charge is 0.324 e. The number of rotatable bonds is 9. The van der Waals surface area contributed by atoms with Crippen molar-refractivity contribution in [3.8, 4) is 0 Å². The Kier molecular flexibility index (Phi) is 6.80. The van der Waals surface area contributed by atoms with E-state index in [1.807, 2.05) is 13.8 Å². The van der Waals surface area contributed by atoms with E-state index in [1.54, 1.807) is 0 Å². The van der Waals surface area contributed by atoms with Crippen LogP contribution in [0.4, 0.5) is 0 Å². The lowest BCUT2D eigenvalue weighted by Gasteiger charge is -2.28. The zero-order chi connectivity index (χ0) is 14.3. The van der Waals surface area contributed by atoms with Crippen LogP contribution in [-0.4, -0.2) is 35.4 Å². The molecular weight excluding hydrogens is 242 g/mol. The number of aliphatic carboxylic acids is 1. The summed E-state index contributed by atoms with van der Waals surface area (Å²) in [5.74, 6) is -0.738. The molecular formula is C15H29NO3. The van der Waals surface area contributed by atoms with Gasteiger partial charge >= 0.3 is 5.97 Å². The fraction of sp³-hybridized carbons (Fsp3) is 0.933. The van der Waals surface area contributed by atoms with Crippen molar-refractivity contribution < 1.29 is 14.6 Å². The van der Waals surface area contributed by atoms with E-state index in [0.717, 1.165) is 19.4 Å². The minimum atomic E-state index is -0.776. The number of unbranched alkanes of at least 4 members (excludes halogenated alkanes) is 3. The number of carboxylic acid groups (broad SMARTS) is 1. The molecule has 0 aliphatic heterocycles. The van der Waals surface area contributed by atoms with Gasteiger partial charge in [0.25, 0.3) is 0 Å². The van der Waals surface area contributed by atoms with E-state index in [4.69, 9.17) is 4.74 Å². The number of ether oxygens (including phenoxy) is 1. The van der Waals surface area contributed by atoms with Gasteiger partial charge in [0.1, 0.15) is 5.54 Å². The Hall–Kier alpha value is -0.610. The summed E-state index contributed by atoms with van der Waals surface area (Å²) in [5, 5.41) is 12.7. The van der Waals surface area contributed by atoms with Crippen molar-refractivity contribution >= 4 is 5.97 Å². The third kappa shape index (κ3) is 5.11. The molecule has 1 rings (SSSR count). The number of nitrogens with one attached hydrogen (secondary N) is 1. The van der Waals surface area contributed by atoms with E-state index in [9.17, 15) is 9.90 Å². The van der Waals surface area contributed by atoms with E-state index in [2.05, 4.69) is 12.2 Å². The fourth-order valence-electron chi connectivity index (χ4n) is 2.86. The van der Waals surface area contributed by atoms with E-state index < -0.39 is 11.5 Å². The molecule has 0 radical (unpaired) electrons. The summed E-state index contributed by atoms with van der Waals surface area (Å²) >= 11 is 0. The maximum Gasteiger partial charge on any atom is 0.324 e. The van der Waals surface area contributed by atoms with Gasteiger partial charge in [0.05, 0.1) is 6.10 Å². The topological polar surface area (TPSA) is 58.6 Å². The van der Waals surface area contributed by atoms with Crippen LogP contribution in [0.5, 0.6) is 0 Å². The zero-order valence-electron chi connectivity index (χ0n) is 12.6. The molecule has 0 aromatic carbocycles. The molecule has 0 aromatic rings. The molecule has 1 saturated carbocycles. The minimum Gasteiger partial charge on any atom is -0.480 e. The Labute approximate surface area is 116 Å². The molecule has 4 heteroatoms. The Bertz CT molecular complexity index is 281. The van der Waals surface area contributed by atoms with Gasteiger partial charge in [0, 0.05) is 19.1 Å². The van der Waals surface area contributed by atoms with Crippen molar-refractivity contribution in [2.45, 2.75) is 83.4 Å². The predicted molar refractivity (Wildman–Crippen MR) is 76.4 cm³/mol. The highest BCUT2D eigenvalue weighted by Gasteiger charge is 2.46. The van der Waals surface area contributed by atoms with Crippen molar-refractivity contribution in [2.24, 2.45) is 0 Å². The largest absolute Gasteiger partial charge is 0.480 e.